The van der Waals surface area contributed by atoms with Crippen molar-refractivity contribution in [3.05, 3.63) is 48.8 Å². The lowest BCUT2D eigenvalue weighted by Crippen LogP contribution is -2.41. The lowest BCUT2D eigenvalue weighted by atomic mass is 10.3. The van der Waals surface area contributed by atoms with E-state index >= 15 is 0 Å². The van der Waals surface area contributed by atoms with Crippen LogP contribution in [0.3, 0.4) is 0 Å². The number of rotatable bonds is 4. The Morgan fingerprint density at radius 3 is 2.53 bits per heavy atom. The molecule has 19 heavy (non-hydrogen) atoms. The van der Waals surface area contributed by atoms with E-state index in [1.54, 1.807) is 24.3 Å². The van der Waals surface area contributed by atoms with Crippen LogP contribution in [0.25, 0.3) is 0 Å². The first kappa shape index (κ1) is 13.4. The summed E-state index contributed by atoms with van der Waals surface area (Å²) in [5.41, 5.74) is 0. The maximum absolute atomic E-state index is 12.0. The summed E-state index contributed by atoms with van der Waals surface area (Å²) in [6, 6.07) is 8.59. The molecule has 1 unspecified atom stereocenters. The number of carbonyl (C=O) groups excluding carboxylic acids is 1. The zero-order valence-corrected chi connectivity index (χ0v) is 11.0. The third-order valence-corrected chi connectivity index (χ3v) is 4.04. The number of benzene rings is 1. The number of aromatic nitrogens is 2. The second kappa shape index (κ2) is 5.33. The van der Waals surface area contributed by atoms with Crippen molar-refractivity contribution in [3.63, 3.8) is 0 Å². The van der Waals surface area contributed by atoms with Crippen molar-refractivity contribution in [1.82, 2.24) is 14.5 Å². The SMILES string of the molecule is CC(NS(=O)(=O)c1ccccc1)C(=O)n1cccn1. The average molecular weight is 279 g/mol. The Labute approximate surface area is 111 Å². The van der Waals surface area contributed by atoms with Gasteiger partial charge in [-0.3, -0.25) is 4.79 Å². The molecule has 7 heteroatoms. The summed E-state index contributed by atoms with van der Waals surface area (Å²) in [7, 11) is -3.71. The van der Waals surface area contributed by atoms with Gasteiger partial charge in [0.25, 0.3) is 5.91 Å². The van der Waals surface area contributed by atoms with E-state index in [0.717, 1.165) is 4.68 Å². The number of nitrogens with one attached hydrogen (secondary N) is 1. The standard InChI is InChI=1S/C12H13N3O3S/c1-10(12(16)15-9-5-8-13-15)14-19(17,18)11-6-3-2-4-7-11/h2-10,14H,1H3. The lowest BCUT2D eigenvalue weighted by molar-refractivity contribution is 0.0863. The Morgan fingerprint density at radius 2 is 1.95 bits per heavy atom. The summed E-state index contributed by atoms with van der Waals surface area (Å²) in [6.45, 7) is 1.48. The molecule has 0 radical (unpaired) electrons. The van der Waals surface area contributed by atoms with Gasteiger partial charge < -0.3 is 0 Å². The van der Waals surface area contributed by atoms with Gasteiger partial charge in [0.2, 0.25) is 10.0 Å². The van der Waals surface area contributed by atoms with E-state index in [1.165, 1.54) is 31.5 Å². The largest absolute Gasteiger partial charge is 0.271 e. The molecule has 0 fully saturated rings. The zero-order chi connectivity index (χ0) is 13.9. The molecule has 0 aliphatic rings. The van der Waals surface area contributed by atoms with Crippen LogP contribution in [0.5, 0.6) is 0 Å². The van der Waals surface area contributed by atoms with E-state index in [0.29, 0.717) is 0 Å². The number of hydrogen-bond acceptors (Lipinski definition) is 4. The molecule has 2 rings (SSSR count). The highest BCUT2D eigenvalue weighted by molar-refractivity contribution is 7.89. The molecule has 0 aliphatic heterocycles. The fourth-order valence-electron chi connectivity index (χ4n) is 1.55. The molecule has 2 aromatic rings. The summed E-state index contributed by atoms with van der Waals surface area (Å²) in [5, 5.41) is 3.77. The van der Waals surface area contributed by atoms with Gasteiger partial charge in [-0.2, -0.15) is 9.82 Å². The first-order valence-electron chi connectivity index (χ1n) is 5.62. The van der Waals surface area contributed by atoms with Gasteiger partial charge in [0, 0.05) is 12.4 Å². The second-order valence-electron chi connectivity index (χ2n) is 3.94. The zero-order valence-electron chi connectivity index (χ0n) is 10.2. The molecule has 0 bridgehead atoms. The van der Waals surface area contributed by atoms with Crippen LogP contribution in [-0.2, 0) is 10.0 Å². The molecule has 0 saturated heterocycles. The smallest absolute Gasteiger partial charge is 0.264 e. The van der Waals surface area contributed by atoms with E-state index in [1.807, 2.05) is 0 Å². The first-order valence-corrected chi connectivity index (χ1v) is 7.10. The molecule has 1 N–H and O–H groups in total. The van der Waals surface area contributed by atoms with Crippen LogP contribution < -0.4 is 4.72 Å². The van der Waals surface area contributed by atoms with Crippen molar-refractivity contribution in [2.24, 2.45) is 0 Å². The highest BCUT2D eigenvalue weighted by atomic mass is 32.2. The van der Waals surface area contributed by atoms with Gasteiger partial charge in [0.1, 0.15) is 6.04 Å². The third-order valence-electron chi connectivity index (χ3n) is 2.49. The third kappa shape index (κ3) is 3.07. The van der Waals surface area contributed by atoms with Crippen molar-refractivity contribution in [3.8, 4) is 0 Å². The fraction of sp³-hybridized carbons (Fsp3) is 0.167. The van der Waals surface area contributed by atoms with Crippen LogP contribution in [0.15, 0.2) is 53.7 Å². The summed E-state index contributed by atoms with van der Waals surface area (Å²) >= 11 is 0. The Balaban J connectivity index is 2.15. The Morgan fingerprint density at radius 1 is 1.26 bits per heavy atom. The molecule has 1 heterocycles. The molecule has 1 aromatic heterocycles. The van der Waals surface area contributed by atoms with Crippen LogP contribution in [-0.4, -0.2) is 30.1 Å². The molecule has 0 aliphatic carbocycles. The minimum Gasteiger partial charge on any atom is -0.271 e. The van der Waals surface area contributed by atoms with Crippen LogP contribution in [0, 0.1) is 0 Å². The Hall–Kier alpha value is -1.99. The maximum Gasteiger partial charge on any atom is 0.264 e. The minimum absolute atomic E-state index is 0.120. The van der Waals surface area contributed by atoms with Gasteiger partial charge >= 0.3 is 0 Å². The maximum atomic E-state index is 12.0. The van der Waals surface area contributed by atoms with Crippen molar-refractivity contribution in [1.29, 1.82) is 0 Å². The molecular formula is C12H13N3O3S. The molecule has 1 atom stereocenters. The van der Waals surface area contributed by atoms with Gasteiger partial charge in [0.05, 0.1) is 4.90 Å². The van der Waals surface area contributed by atoms with Crippen molar-refractivity contribution in [2.45, 2.75) is 17.9 Å². The van der Waals surface area contributed by atoms with Gasteiger partial charge in [-0.05, 0) is 25.1 Å². The highest BCUT2D eigenvalue weighted by Crippen LogP contribution is 2.08. The Bertz CT molecular complexity index is 651. The van der Waals surface area contributed by atoms with Gasteiger partial charge in [-0.25, -0.2) is 13.1 Å². The molecule has 0 spiro atoms. The average Bonchev–Trinajstić information content (AvgIpc) is 2.92. The molecule has 6 nitrogen and oxygen atoms in total. The topological polar surface area (TPSA) is 81.1 Å². The summed E-state index contributed by atoms with van der Waals surface area (Å²) in [5.74, 6) is -0.440. The van der Waals surface area contributed by atoms with Crippen LogP contribution in [0.4, 0.5) is 0 Å². The van der Waals surface area contributed by atoms with Gasteiger partial charge in [0.15, 0.2) is 0 Å². The minimum atomic E-state index is -3.71. The van der Waals surface area contributed by atoms with E-state index in [9.17, 15) is 13.2 Å². The molecule has 100 valence electrons. The number of sulfonamides is 1. The van der Waals surface area contributed by atoms with Gasteiger partial charge in [-0.15, -0.1) is 0 Å². The van der Waals surface area contributed by atoms with Crippen molar-refractivity contribution >= 4 is 15.9 Å². The molecular weight excluding hydrogens is 266 g/mol. The fourth-order valence-corrected chi connectivity index (χ4v) is 2.77. The first-order chi connectivity index (χ1) is 9.00. The summed E-state index contributed by atoms with van der Waals surface area (Å²) in [4.78, 5) is 12.0. The van der Waals surface area contributed by atoms with E-state index in [-0.39, 0.29) is 4.90 Å². The van der Waals surface area contributed by atoms with Crippen LogP contribution in [0.2, 0.25) is 0 Å². The predicted molar refractivity (Wildman–Crippen MR) is 69.1 cm³/mol. The van der Waals surface area contributed by atoms with Crippen molar-refractivity contribution < 1.29 is 13.2 Å². The second-order valence-corrected chi connectivity index (χ2v) is 5.66. The lowest BCUT2D eigenvalue weighted by Gasteiger charge is -2.12. The van der Waals surface area contributed by atoms with Gasteiger partial charge in [-0.1, -0.05) is 18.2 Å². The van der Waals surface area contributed by atoms with Crippen LogP contribution >= 0.6 is 0 Å². The van der Waals surface area contributed by atoms with Crippen molar-refractivity contribution in [2.75, 3.05) is 0 Å². The number of nitrogens with zero attached hydrogens (tertiary/aromatic N) is 2. The normalized spacial score (nSPS) is 13.1. The summed E-state index contributed by atoms with van der Waals surface area (Å²) in [6.07, 6.45) is 2.92. The number of carbonyl (C=O) groups is 1. The number of hydrogen-bond donors (Lipinski definition) is 1. The van der Waals surface area contributed by atoms with E-state index in [2.05, 4.69) is 9.82 Å². The monoisotopic (exact) mass is 279 g/mol. The van der Waals surface area contributed by atoms with Crippen LogP contribution in [0.1, 0.15) is 11.7 Å². The highest BCUT2D eigenvalue weighted by Gasteiger charge is 2.22. The Kier molecular flexibility index (Phi) is 3.77. The quantitative estimate of drug-likeness (QED) is 0.901. The van der Waals surface area contributed by atoms with E-state index in [4.69, 9.17) is 0 Å². The van der Waals surface area contributed by atoms with E-state index < -0.39 is 22.0 Å². The molecule has 0 amide bonds. The summed E-state index contributed by atoms with van der Waals surface area (Å²) < 4.78 is 27.5. The molecule has 1 aromatic carbocycles. The molecule has 0 saturated carbocycles. The predicted octanol–water partition coefficient (Wildman–Crippen LogP) is 0.890.